The zero-order valence-electron chi connectivity index (χ0n) is 8.56. The largest absolute Gasteiger partial charge is 0.481 e. The molecule has 0 heterocycles. The van der Waals surface area contributed by atoms with Gasteiger partial charge in [-0.1, -0.05) is 6.92 Å². The normalized spacial score (nSPS) is 18.9. The topological polar surface area (TPSA) is 112 Å². The first-order chi connectivity index (χ1) is 6.75. The summed E-state index contributed by atoms with van der Waals surface area (Å²) >= 11 is 0. The van der Waals surface area contributed by atoms with Crippen LogP contribution in [0.25, 0.3) is 0 Å². The molecule has 0 aromatic heterocycles. The van der Waals surface area contributed by atoms with E-state index >= 15 is 0 Å². The standard InChI is InChI=1S/C8H15O6P/c1-3-8(2,7(11)12)5(15(13)14)4-6(9)10/h5,15H,3-4H2,1-2H3,(H,9,10)(H,11,12)(H,13,14). The number of hydrogen-bond donors (Lipinski definition) is 3. The van der Waals surface area contributed by atoms with Crippen LogP contribution in [0.3, 0.4) is 0 Å². The highest BCUT2D eigenvalue weighted by atomic mass is 31.1. The number of hydrogen-bond acceptors (Lipinski definition) is 3. The molecule has 0 aliphatic rings. The van der Waals surface area contributed by atoms with Crippen LogP contribution in [0.15, 0.2) is 0 Å². The van der Waals surface area contributed by atoms with E-state index < -0.39 is 37.5 Å². The van der Waals surface area contributed by atoms with E-state index in [1.807, 2.05) is 0 Å². The highest BCUT2D eigenvalue weighted by molar-refractivity contribution is 7.39. The van der Waals surface area contributed by atoms with Crippen LogP contribution < -0.4 is 0 Å². The van der Waals surface area contributed by atoms with Crippen LogP contribution in [-0.2, 0) is 14.2 Å². The molecule has 15 heavy (non-hydrogen) atoms. The summed E-state index contributed by atoms with van der Waals surface area (Å²) in [5, 5.41) is 17.5. The van der Waals surface area contributed by atoms with Crippen LogP contribution in [0.2, 0.25) is 0 Å². The van der Waals surface area contributed by atoms with E-state index in [1.165, 1.54) is 6.92 Å². The van der Waals surface area contributed by atoms with E-state index in [9.17, 15) is 14.2 Å². The fraction of sp³-hybridized carbons (Fsp3) is 0.750. The monoisotopic (exact) mass is 238 g/mol. The Hall–Kier alpha value is -0.870. The van der Waals surface area contributed by atoms with Crippen molar-refractivity contribution in [1.82, 2.24) is 0 Å². The summed E-state index contributed by atoms with van der Waals surface area (Å²) in [6, 6.07) is 0. The minimum atomic E-state index is -3.19. The molecule has 0 radical (unpaired) electrons. The highest BCUT2D eigenvalue weighted by Crippen LogP contribution is 2.42. The van der Waals surface area contributed by atoms with Crippen LogP contribution >= 0.6 is 8.03 Å². The molecule has 3 N–H and O–H groups in total. The minimum Gasteiger partial charge on any atom is -0.481 e. The Kier molecular flexibility index (Phi) is 4.97. The van der Waals surface area contributed by atoms with Crippen molar-refractivity contribution in [2.24, 2.45) is 5.41 Å². The third kappa shape index (κ3) is 3.32. The van der Waals surface area contributed by atoms with Gasteiger partial charge in [0.1, 0.15) is 0 Å². The number of rotatable bonds is 6. The quantitative estimate of drug-likeness (QED) is 0.590. The first-order valence-electron chi connectivity index (χ1n) is 4.43. The average Bonchev–Trinajstić information content (AvgIpc) is 2.12. The fourth-order valence-corrected chi connectivity index (χ4v) is 2.53. The molecule has 3 atom stereocenters. The minimum absolute atomic E-state index is 0.108. The van der Waals surface area contributed by atoms with Crippen molar-refractivity contribution in [2.75, 3.05) is 0 Å². The zero-order chi connectivity index (χ0) is 12.2. The van der Waals surface area contributed by atoms with E-state index in [1.54, 1.807) is 6.92 Å². The van der Waals surface area contributed by atoms with Gasteiger partial charge < -0.3 is 15.1 Å². The van der Waals surface area contributed by atoms with Crippen molar-refractivity contribution in [3.63, 3.8) is 0 Å². The highest BCUT2D eigenvalue weighted by Gasteiger charge is 2.43. The molecule has 7 heteroatoms. The molecule has 0 spiro atoms. The van der Waals surface area contributed by atoms with Gasteiger partial charge in [0, 0.05) is 0 Å². The van der Waals surface area contributed by atoms with Crippen LogP contribution in [0.1, 0.15) is 26.7 Å². The van der Waals surface area contributed by atoms with E-state index in [2.05, 4.69) is 0 Å². The van der Waals surface area contributed by atoms with E-state index in [-0.39, 0.29) is 6.42 Å². The summed E-state index contributed by atoms with van der Waals surface area (Å²) in [4.78, 5) is 30.4. The van der Waals surface area contributed by atoms with Gasteiger partial charge in [0.05, 0.1) is 17.5 Å². The van der Waals surface area contributed by atoms with E-state index in [4.69, 9.17) is 15.1 Å². The number of carbonyl (C=O) groups is 2. The molecule has 0 aromatic carbocycles. The summed E-state index contributed by atoms with van der Waals surface area (Å²) < 4.78 is 11.0. The first-order valence-corrected chi connectivity index (χ1v) is 5.87. The molecule has 0 saturated heterocycles. The molecule has 0 aromatic rings. The molecule has 6 nitrogen and oxygen atoms in total. The second kappa shape index (κ2) is 5.28. The maximum absolute atomic E-state index is 11.0. The number of aliphatic carboxylic acids is 2. The number of carboxylic acids is 2. The average molecular weight is 238 g/mol. The fourth-order valence-electron chi connectivity index (χ4n) is 1.31. The van der Waals surface area contributed by atoms with Crippen molar-refractivity contribution < 1.29 is 29.3 Å². The smallest absolute Gasteiger partial charge is 0.310 e. The molecule has 3 unspecified atom stereocenters. The van der Waals surface area contributed by atoms with Crippen LogP contribution in [0.5, 0.6) is 0 Å². The van der Waals surface area contributed by atoms with Crippen molar-refractivity contribution in [1.29, 1.82) is 0 Å². The van der Waals surface area contributed by atoms with Gasteiger partial charge in [-0.3, -0.25) is 14.2 Å². The molecule has 88 valence electrons. The van der Waals surface area contributed by atoms with E-state index in [0.29, 0.717) is 0 Å². The predicted molar refractivity (Wildman–Crippen MR) is 53.3 cm³/mol. The first kappa shape index (κ1) is 14.1. The molecular weight excluding hydrogens is 223 g/mol. The van der Waals surface area contributed by atoms with Gasteiger partial charge in [-0.05, 0) is 13.3 Å². The van der Waals surface area contributed by atoms with Gasteiger partial charge in [-0.2, -0.15) is 0 Å². The Morgan fingerprint density at radius 2 is 1.87 bits per heavy atom. The zero-order valence-corrected chi connectivity index (χ0v) is 9.56. The lowest BCUT2D eigenvalue weighted by Crippen LogP contribution is -2.38. The third-order valence-corrected chi connectivity index (χ3v) is 4.11. The molecule has 0 amide bonds. The summed E-state index contributed by atoms with van der Waals surface area (Å²) in [7, 11) is -3.19. The van der Waals surface area contributed by atoms with Crippen LogP contribution in [0, 0.1) is 5.41 Å². The van der Waals surface area contributed by atoms with Crippen molar-refractivity contribution in [2.45, 2.75) is 32.3 Å². The van der Waals surface area contributed by atoms with Crippen LogP contribution in [-0.4, -0.2) is 32.7 Å². The third-order valence-electron chi connectivity index (χ3n) is 2.67. The Morgan fingerprint density at radius 1 is 1.40 bits per heavy atom. The second-order valence-corrected chi connectivity index (χ2v) is 4.94. The lowest BCUT2D eigenvalue weighted by atomic mass is 9.82. The maximum atomic E-state index is 11.0. The molecule has 0 rings (SSSR count). The summed E-state index contributed by atoms with van der Waals surface area (Å²) in [6.07, 6.45) is -0.498. The van der Waals surface area contributed by atoms with Crippen molar-refractivity contribution in [3.05, 3.63) is 0 Å². The number of carboxylic acid groups (broad SMARTS) is 2. The van der Waals surface area contributed by atoms with Crippen LogP contribution in [0.4, 0.5) is 0 Å². The van der Waals surface area contributed by atoms with Gasteiger partial charge in [0.2, 0.25) is 0 Å². The molecule has 0 saturated carbocycles. The molecular formula is C8H15O6P. The van der Waals surface area contributed by atoms with Gasteiger partial charge in [-0.15, -0.1) is 0 Å². The molecule has 0 aliphatic carbocycles. The summed E-state index contributed by atoms with van der Waals surface area (Å²) in [5.41, 5.74) is -2.70. The SMILES string of the molecule is CCC(C)(C(=O)O)C(CC(=O)O)[PH](=O)O. The van der Waals surface area contributed by atoms with Gasteiger partial charge in [0.15, 0.2) is 8.03 Å². The van der Waals surface area contributed by atoms with Crippen molar-refractivity contribution >= 4 is 20.0 Å². The van der Waals surface area contributed by atoms with E-state index in [0.717, 1.165) is 0 Å². The predicted octanol–water partition coefficient (Wildman–Crippen LogP) is 0.798. The molecule has 0 aliphatic heterocycles. The summed E-state index contributed by atoms with van der Waals surface area (Å²) in [6.45, 7) is 2.84. The maximum Gasteiger partial charge on any atom is 0.310 e. The summed E-state index contributed by atoms with van der Waals surface area (Å²) in [5.74, 6) is -2.52. The van der Waals surface area contributed by atoms with Gasteiger partial charge in [0.25, 0.3) is 0 Å². The van der Waals surface area contributed by atoms with Gasteiger partial charge >= 0.3 is 11.9 Å². The van der Waals surface area contributed by atoms with Crippen molar-refractivity contribution in [3.8, 4) is 0 Å². The molecule has 0 fully saturated rings. The Morgan fingerprint density at radius 3 is 2.07 bits per heavy atom. The molecule has 0 bridgehead atoms. The Balaban J connectivity index is 5.11. The van der Waals surface area contributed by atoms with Gasteiger partial charge in [-0.25, -0.2) is 0 Å². The Bertz CT molecular complexity index is 289. The Labute approximate surface area is 87.8 Å². The lowest BCUT2D eigenvalue weighted by Gasteiger charge is -2.29. The second-order valence-electron chi connectivity index (χ2n) is 3.56. The lowest BCUT2D eigenvalue weighted by molar-refractivity contribution is -0.149.